The minimum absolute atomic E-state index is 0.0616. The predicted octanol–water partition coefficient (Wildman–Crippen LogP) is 3.50. The predicted molar refractivity (Wildman–Crippen MR) is 119 cm³/mol. The summed E-state index contributed by atoms with van der Waals surface area (Å²) >= 11 is 0. The highest BCUT2D eigenvalue weighted by molar-refractivity contribution is 6.04. The van der Waals surface area contributed by atoms with Crippen LogP contribution in [0.3, 0.4) is 0 Å². The van der Waals surface area contributed by atoms with Crippen LogP contribution in [0.5, 0.6) is 0 Å². The molecule has 1 atom stereocenters. The van der Waals surface area contributed by atoms with Crippen molar-refractivity contribution in [2.24, 2.45) is 5.41 Å². The van der Waals surface area contributed by atoms with Gasteiger partial charge >= 0.3 is 30.1 Å². The highest BCUT2D eigenvalue weighted by Gasteiger charge is 2.65. The highest BCUT2D eigenvalue weighted by atomic mass is 19.4. The molecule has 198 valence electrons. The van der Waals surface area contributed by atoms with Crippen molar-refractivity contribution in [3.63, 3.8) is 0 Å². The van der Waals surface area contributed by atoms with E-state index < -0.39 is 71.9 Å². The number of carbonyl (C=O) groups excluding carboxylic acids is 3. The van der Waals surface area contributed by atoms with Gasteiger partial charge in [0.25, 0.3) is 0 Å². The van der Waals surface area contributed by atoms with Crippen LogP contribution < -0.4 is 0 Å². The Morgan fingerprint density at radius 2 is 1.22 bits per heavy atom. The van der Waals surface area contributed by atoms with Gasteiger partial charge in [0.2, 0.25) is 5.41 Å². The lowest BCUT2D eigenvalue weighted by Gasteiger charge is -2.44. The van der Waals surface area contributed by atoms with Gasteiger partial charge in [0.05, 0.1) is 11.0 Å². The summed E-state index contributed by atoms with van der Waals surface area (Å²) in [4.78, 5) is 62.0. The number of aliphatic carboxylic acids is 2. The molecule has 0 saturated heterocycles. The zero-order valence-corrected chi connectivity index (χ0v) is 19.7. The molecule has 2 aromatic carbocycles. The number of benzene rings is 2. The molecule has 0 fully saturated rings. The quantitative estimate of drug-likeness (QED) is 0.256. The number of ether oxygens (including phenoxy) is 2. The van der Waals surface area contributed by atoms with Crippen molar-refractivity contribution >= 4 is 29.7 Å². The molecule has 0 saturated carbocycles. The molecule has 2 rings (SSSR count). The van der Waals surface area contributed by atoms with E-state index in [1.807, 2.05) is 0 Å². The monoisotopic (exact) mass is 524 g/mol. The normalized spacial score (nSPS) is 13.2. The molecular formula is C25H23F3O9. The zero-order chi connectivity index (χ0) is 28.0. The lowest BCUT2D eigenvalue weighted by Crippen LogP contribution is -2.62. The number of halogens is 3. The molecule has 9 nitrogen and oxygen atoms in total. The molecule has 12 heteroatoms. The van der Waals surface area contributed by atoms with Crippen LogP contribution in [0.4, 0.5) is 13.2 Å². The number of carboxylic acid groups (broad SMARTS) is 2. The van der Waals surface area contributed by atoms with Gasteiger partial charge in [-0.25, -0.2) is 0 Å². The molecule has 2 N–H and O–H groups in total. The molecule has 0 bridgehead atoms. The van der Waals surface area contributed by atoms with E-state index in [9.17, 15) is 47.4 Å². The summed E-state index contributed by atoms with van der Waals surface area (Å²) in [5, 5.41) is 20.5. The largest absolute Gasteiger partial charge is 0.480 e. The lowest BCUT2D eigenvalue weighted by molar-refractivity contribution is -0.183. The maximum absolute atomic E-state index is 13.4. The molecule has 1 unspecified atom stereocenters. The van der Waals surface area contributed by atoms with Crippen LogP contribution in [0, 0.1) is 5.41 Å². The van der Waals surface area contributed by atoms with Crippen molar-refractivity contribution < 1.29 is 56.8 Å². The number of carbonyl (C=O) groups is 5. The van der Waals surface area contributed by atoms with E-state index in [1.54, 1.807) is 0 Å². The Morgan fingerprint density at radius 3 is 1.65 bits per heavy atom. The van der Waals surface area contributed by atoms with E-state index in [0.717, 1.165) is 26.0 Å². The number of hydrogen-bond donors (Lipinski definition) is 2. The molecule has 0 aromatic heterocycles. The van der Waals surface area contributed by atoms with Crippen molar-refractivity contribution in [2.75, 3.05) is 13.2 Å². The first-order valence-electron chi connectivity index (χ1n) is 10.7. The van der Waals surface area contributed by atoms with Crippen LogP contribution in [0.25, 0.3) is 0 Å². The zero-order valence-electron chi connectivity index (χ0n) is 19.7. The van der Waals surface area contributed by atoms with Crippen LogP contribution >= 0.6 is 0 Å². The van der Waals surface area contributed by atoms with Crippen LogP contribution in [0.2, 0.25) is 0 Å². The molecule has 0 aliphatic heterocycles. The summed E-state index contributed by atoms with van der Waals surface area (Å²) in [6.45, 7) is -0.303. The fourth-order valence-corrected chi connectivity index (χ4v) is 3.93. The third kappa shape index (κ3) is 6.13. The summed E-state index contributed by atoms with van der Waals surface area (Å²) in [7, 11) is 0. The van der Waals surface area contributed by atoms with Crippen LogP contribution in [0.15, 0.2) is 54.6 Å². The second kappa shape index (κ2) is 11.2. The summed E-state index contributed by atoms with van der Waals surface area (Å²) in [5.41, 5.74) is -6.82. The van der Waals surface area contributed by atoms with E-state index in [0.29, 0.717) is 12.1 Å². The van der Waals surface area contributed by atoms with Crippen LogP contribution in [0.1, 0.15) is 41.8 Å². The number of carboxylic acids is 2. The van der Waals surface area contributed by atoms with E-state index in [4.69, 9.17) is 9.47 Å². The van der Waals surface area contributed by atoms with E-state index in [-0.39, 0.29) is 11.1 Å². The fourth-order valence-electron chi connectivity index (χ4n) is 3.93. The Labute approximate surface area is 208 Å². The Morgan fingerprint density at radius 1 is 0.730 bits per heavy atom. The van der Waals surface area contributed by atoms with Gasteiger partial charge in [0.15, 0.2) is 5.78 Å². The maximum atomic E-state index is 13.4. The molecule has 37 heavy (non-hydrogen) atoms. The van der Waals surface area contributed by atoms with Gasteiger partial charge < -0.3 is 19.7 Å². The van der Waals surface area contributed by atoms with Crippen molar-refractivity contribution in [2.45, 2.75) is 31.9 Å². The third-order valence-electron chi connectivity index (χ3n) is 5.88. The highest BCUT2D eigenvalue weighted by Crippen LogP contribution is 2.47. The minimum atomic E-state index is -4.68. The van der Waals surface area contributed by atoms with Gasteiger partial charge in [0.1, 0.15) is 13.2 Å². The van der Waals surface area contributed by atoms with Gasteiger partial charge in [-0.3, -0.25) is 24.0 Å². The summed E-state index contributed by atoms with van der Waals surface area (Å²) in [6.07, 6.45) is -5.63. The van der Waals surface area contributed by atoms with Crippen molar-refractivity contribution in [1.29, 1.82) is 0 Å². The third-order valence-corrected chi connectivity index (χ3v) is 5.88. The molecule has 0 amide bonds. The summed E-state index contributed by atoms with van der Waals surface area (Å²) in [6, 6.07) is 9.97. The average molecular weight is 524 g/mol. The van der Waals surface area contributed by atoms with E-state index in [2.05, 4.69) is 0 Å². The van der Waals surface area contributed by atoms with Crippen molar-refractivity contribution in [3.8, 4) is 0 Å². The lowest BCUT2D eigenvalue weighted by atomic mass is 9.57. The van der Waals surface area contributed by atoms with E-state index >= 15 is 0 Å². The standard InChI is InChI=1S/C25H23F3O9/c1-15(29)36-13-23(18-6-4-3-5-7-18,24(21(32)33,22(34)35)14-37-16(2)30)12-20(31)17-8-10-19(11-9-17)25(26,27)28/h3-11H,12-14H2,1-2H3,(H,32,33)(H,34,35). The topological polar surface area (TPSA) is 144 Å². The number of esters is 2. The average Bonchev–Trinajstić information content (AvgIpc) is 2.82. The van der Waals surface area contributed by atoms with Gasteiger partial charge in [-0.1, -0.05) is 42.5 Å². The van der Waals surface area contributed by atoms with Gasteiger partial charge in [-0.2, -0.15) is 13.2 Å². The number of Topliss-reactive ketones (excluding diaryl/α,β-unsaturated/α-hetero) is 1. The molecule has 2 aromatic rings. The Hall–Kier alpha value is -4.22. The maximum Gasteiger partial charge on any atom is 0.416 e. The first-order chi connectivity index (χ1) is 17.2. The smallest absolute Gasteiger partial charge is 0.416 e. The number of ketones is 1. The number of rotatable bonds is 11. The molecular weight excluding hydrogens is 501 g/mol. The first kappa shape index (κ1) is 29.0. The molecule has 0 aliphatic carbocycles. The second-order valence-corrected chi connectivity index (χ2v) is 8.20. The van der Waals surface area contributed by atoms with Gasteiger partial charge in [-0.05, 0) is 17.7 Å². The van der Waals surface area contributed by atoms with Crippen molar-refractivity contribution in [3.05, 3.63) is 71.3 Å². The first-order valence-corrected chi connectivity index (χ1v) is 10.7. The molecule has 0 aliphatic rings. The van der Waals surface area contributed by atoms with Crippen molar-refractivity contribution in [1.82, 2.24) is 0 Å². The van der Waals surface area contributed by atoms with Gasteiger partial charge in [0, 0.05) is 25.8 Å². The van der Waals surface area contributed by atoms with E-state index in [1.165, 1.54) is 30.3 Å². The Balaban J connectivity index is 2.82. The Bertz CT molecular complexity index is 1160. The Kier molecular flexibility index (Phi) is 8.81. The molecule has 0 heterocycles. The fraction of sp³-hybridized carbons (Fsp3) is 0.320. The van der Waals surface area contributed by atoms with Crippen LogP contribution in [-0.2, 0) is 40.2 Å². The van der Waals surface area contributed by atoms with Gasteiger partial charge in [-0.15, -0.1) is 0 Å². The second-order valence-electron chi connectivity index (χ2n) is 8.20. The SMILES string of the molecule is CC(=O)OCC(C(=O)O)(C(=O)O)C(COC(C)=O)(CC(=O)c1ccc(C(F)(F)F)cc1)c1ccccc1. The molecule has 0 radical (unpaired) electrons. The molecule has 0 spiro atoms. The summed E-state index contributed by atoms with van der Waals surface area (Å²) in [5.74, 6) is -6.90. The summed E-state index contributed by atoms with van der Waals surface area (Å²) < 4.78 is 48.8. The number of alkyl halides is 3. The number of hydrogen-bond acceptors (Lipinski definition) is 7. The minimum Gasteiger partial charge on any atom is -0.480 e. The van der Waals surface area contributed by atoms with Crippen LogP contribution in [-0.4, -0.2) is 53.1 Å².